The number of amides is 1. The lowest BCUT2D eigenvalue weighted by atomic mass is 10.2. The SMILES string of the molecule is CCn1c(CCC(=O)Nc2ccc(SC)cc2)nc2cc(S(=O)(=O)N3CCOCC3)ccc21. The lowest BCUT2D eigenvalue weighted by Gasteiger charge is -2.26. The largest absolute Gasteiger partial charge is 0.379 e. The van der Waals surface area contributed by atoms with E-state index in [1.165, 1.54) is 4.31 Å². The topological polar surface area (TPSA) is 93.5 Å². The second-order valence-corrected chi connectivity index (χ2v) is 10.5. The van der Waals surface area contributed by atoms with Gasteiger partial charge >= 0.3 is 0 Å². The van der Waals surface area contributed by atoms with E-state index in [1.807, 2.05) is 42.0 Å². The highest BCUT2D eigenvalue weighted by Crippen LogP contribution is 2.24. The van der Waals surface area contributed by atoms with Crippen molar-refractivity contribution in [1.82, 2.24) is 13.9 Å². The van der Waals surface area contributed by atoms with Gasteiger partial charge in [-0.15, -0.1) is 11.8 Å². The van der Waals surface area contributed by atoms with Gasteiger partial charge in [0.1, 0.15) is 5.82 Å². The van der Waals surface area contributed by atoms with Gasteiger partial charge in [0, 0.05) is 43.1 Å². The molecule has 1 saturated heterocycles. The van der Waals surface area contributed by atoms with Crippen LogP contribution < -0.4 is 5.32 Å². The van der Waals surface area contributed by atoms with Crippen LogP contribution in [-0.4, -0.2) is 60.7 Å². The van der Waals surface area contributed by atoms with E-state index >= 15 is 0 Å². The van der Waals surface area contributed by atoms with Crippen molar-refractivity contribution < 1.29 is 17.9 Å². The first kappa shape index (κ1) is 23.7. The number of aryl methyl sites for hydroxylation is 2. The number of imidazole rings is 1. The highest BCUT2D eigenvalue weighted by atomic mass is 32.2. The van der Waals surface area contributed by atoms with Crippen LogP contribution in [-0.2, 0) is 32.5 Å². The van der Waals surface area contributed by atoms with Gasteiger partial charge in [-0.2, -0.15) is 4.31 Å². The summed E-state index contributed by atoms with van der Waals surface area (Å²) in [6, 6.07) is 12.8. The molecule has 3 aromatic rings. The van der Waals surface area contributed by atoms with E-state index in [2.05, 4.69) is 10.3 Å². The van der Waals surface area contributed by atoms with Crippen LogP contribution in [0.3, 0.4) is 0 Å². The normalized spacial score (nSPS) is 15.1. The van der Waals surface area contributed by atoms with E-state index in [0.29, 0.717) is 44.8 Å². The molecule has 1 N–H and O–H groups in total. The quantitative estimate of drug-likeness (QED) is 0.489. The number of hydrogen-bond acceptors (Lipinski definition) is 6. The Morgan fingerprint density at radius 1 is 1.15 bits per heavy atom. The summed E-state index contributed by atoms with van der Waals surface area (Å²) < 4.78 is 34.8. The van der Waals surface area contributed by atoms with Crippen molar-refractivity contribution in [3.63, 3.8) is 0 Å². The predicted molar refractivity (Wildman–Crippen MR) is 130 cm³/mol. The second kappa shape index (κ2) is 10.3. The number of anilines is 1. The van der Waals surface area contributed by atoms with Gasteiger partial charge in [-0.25, -0.2) is 13.4 Å². The van der Waals surface area contributed by atoms with E-state index in [0.717, 1.165) is 21.9 Å². The number of fused-ring (bicyclic) bond motifs is 1. The summed E-state index contributed by atoms with van der Waals surface area (Å²) in [4.78, 5) is 18.5. The summed E-state index contributed by atoms with van der Waals surface area (Å²) in [5.74, 6) is 0.679. The molecular weight excluding hydrogens is 460 g/mol. The Balaban J connectivity index is 1.49. The average molecular weight is 489 g/mol. The second-order valence-electron chi connectivity index (χ2n) is 7.72. The zero-order valence-electron chi connectivity index (χ0n) is 18.8. The number of ether oxygens (including phenoxy) is 1. The minimum absolute atomic E-state index is 0.0859. The average Bonchev–Trinajstić information content (AvgIpc) is 3.20. The summed E-state index contributed by atoms with van der Waals surface area (Å²) in [6.07, 6.45) is 2.75. The maximum absolute atomic E-state index is 13.0. The highest BCUT2D eigenvalue weighted by Gasteiger charge is 2.27. The molecule has 0 aliphatic carbocycles. The lowest BCUT2D eigenvalue weighted by Crippen LogP contribution is -2.40. The summed E-state index contributed by atoms with van der Waals surface area (Å²) in [6.45, 7) is 4.20. The first-order valence-corrected chi connectivity index (χ1v) is 13.6. The Bertz CT molecular complexity index is 1230. The number of rotatable bonds is 8. The number of nitrogens with one attached hydrogen (secondary N) is 1. The minimum atomic E-state index is -3.59. The third-order valence-electron chi connectivity index (χ3n) is 5.67. The third-order valence-corrected chi connectivity index (χ3v) is 8.31. The number of thioether (sulfide) groups is 1. The van der Waals surface area contributed by atoms with Crippen molar-refractivity contribution in [3.8, 4) is 0 Å². The number of aromatic nitrogens is 2. The summed E-state index contributed by atoms with van der Waals surface area (Å²) in [5.41, 5.74) is 2.25. The molecule has 0 radical (unpaired) electrons. The number of carbonyl (C=O) groups excluding carboxylic acids is 1. The molecule has 1 fully saturated rings. The maximum Gasteiger partial charge on any atom is 0.243 e. The zero-order valence-corrected chi connectivity index (χ0v) is 20.4. The Labute approximate surface area is 198 Å². The van der Waals surface area contributed by atoms with Crippen LogP contribution in [0.1, 0.15) is 19.2 Å². The number of carbonyl (C=O) groups is 1. The molecule has 2 heterocycles. The van der Waals surface area contributed by atoms with Gasteiger partial charge in [-0.05, 0) is 55.6 Å². The molecule has 0 atom stereocenters. The molecule has 0 spiro atoms. The van der Waals surface area contributed by atoms with Crippen molar-refractivity contribution in [2.24, 2.45) is 0 Å². The molecule has 33 heavy (non-hydrogen) atoms. The molecule has 2 aromatic carbocycles. The van der Waals surface area contributed by atoms with Gasteiger partial charge in [0.05, 0.1) is 29.1 Å². The van der Waals surface area contributed by atoms with Gasteiger partial charge in [0.25, 0.3) is 0 Å². The molecule has 1 amide bonds. The lowest BCUT2D eigenvalue weighted by molar-refractivity contribution is -0.116. The molecular formula is C23H28N4O4S2. The number of sulfonamides is 1. The summed E-state index contributed by atoms with van der Waals surface area (Å²) >= 11 is 1.65. The molecule has 0 unspecified atom stereocenters. The Hall–Kier alpha value is -2.40. The molecule has 0 bridgehead atoms. The van der Waals surface area contributed by atoms with Crippen molar-refractivity contribution in [2.75, 3.05) is 37.9 Å². The minimum Gasteiger partial charge on any atom is -0.379 e. The number of nitrogens with zero attached hydrogens (tertiary/aromatic N) is 3. The fourth-order valence-corrected chi connectivity index (χ4v) is 5.76. The first-order chi connectivity index (χ1) is 15.9. The van der Waals surface area contributed by atoms with Crippen LogP contribution in [0, 0.1) is 0 Å². The van der Waals surface area contributed by atoms with E-state index in [4.69, 9.17) is 4.74 Å². The predicted octanol–water partition coefficient (Wildman–Crippen LogP) is 3.37. The molecule has 1 aromatic heterocycles. The highest BCUT2D eigenvalue weighted by molar-refractivity contribution is 7.98. The van der Waals surface area contributed by atoms with Gasteiger partial charge in [0.2, 0.25) is 15.9 Å². The third kappa shape index (κ3) is 5.24. The van der Waals surface area contributed by atoms with Gasteiger partial charge < -0.3 is 14.6 Å². The zero-order chi connectivity index (χ0) is 23.4. The van der Waals surface area contributed by atoms with Crippen LogP contribution in [0.25, 0.3) is 11.0 Å². The van der Waals surface area contributed by atoms with Crippen molar-refractivity contribution in [2.45, 2.75) is 36.1 Å². The standard InChI is InChI=1S/C23H28N4O4S2/c1-3-27-21-9-8-19(33(29,30)26-12-14-31-15-13-26)16-20(21)25-22(27)10-11-23(28)24-17-4-6-18(32-2)7-5-17/h4-9,16H,3,10-15H2,1-2H3,(H,24,28). The van der Waals surface area contributed by atoms with Crippen LogP contribution >= 0.6 is 11.8 Å². The fraction of sp³-hybridized carbons (Fsp3) is 0.391. The number of morpholine rings is 1. The number of hydrogen-bond donors (Lipinski definition) is 1. The van der Waals surface area contributed by atoms with Gasteiger partial charge in [0.15, 0.2) is 0 Å². The summed E-state index contributed by atoms with van der Waals surface area (Å²) in [7, 11) is -3.59. The van der Waals surface area contributed by atoms with Crippen molar-refractivity contribution in [3.05, 3.63) is 48.3 Å². The van der Waals surface area contributed by atoms with E-state index in [9.17, 15) is 13.2 Å². The Kier molecular flexibility index (Phi) is 7.38. The smallest absolute Gasteiger partial charge is 0.243 e. The molecule has 10 heteroatoms. The Morgan fingerprint density at radius 2 is 1.88 bits per heavy atom. The van der Waals surface area contributed by atoms with Gasteiger partial charge in [-0.1, -0.05) is 0 Å². The molecule has 1 aliphatic rings. The van der Waals surface area contributed by atoms with E-state index in [-0.39, 0.29) is 17.2 Å². The van der Waals surface area contributed by atoms with E-state index < -0.39 is 10.0 Å². The molecule has 176 valence electrons. The monoisotopic (exact) mass is 488 g/mol. The summed E-state index contributed by atoms with van der Waals surface area (Å²) in [5, 5.41) is 2.92. The van der Waals surface area contributed by atoms with Crippen molar-refractivity contribution >= 4 is 44.4 Å². The molecule has 1 aliphatic heterocycles. The number of benzene rings is 2. The van der Waals surface area contributed by atoms with Crippen LogP contribution in [0.4, 0.5) is 5.69 Å². The van der Waals surface area contributed by atoms with Crippen molar-refractivity contribution in [1.29, 1.82) is 0 Å². The molecule has 8 nitrogen and oxygen atoms in total. The first-order valence-electron chi connectivity index (χ1n) is 10.9. The molecule has 4 rings (SSSR count). The van der Waals surface area contributed by atoms with Crippen LogP contribution in [0.5, 0.6) is 0 Å². The van der Waals surface area contributed by atoms with E-state index in [1.54, 1.807) is 30.0 Å². The maximum atomic E-state index is 13.0. The van der Waals surface area contributed by atoms with Crippen LogP contribution in [0.15, 0.2) is 52.3 Å². The Morgan fingerprint density at radius 3 is 2.55 bits per heavy atom. The fourth-order valence-electron chi connectivity index (χ4n) is 3.92. The van der Waals surface area contributed by atoms with Gasteiger partial charge in [-0.3, -0.25) is 4.79 Å². The molecule has 0 saturated carbocycles. The van der Waals surface area contributed by atoms with Crippen LogP contribution in [0.2, 0.25) is 0 Å².